The van der Waals surface area contributed by atoms with E-state index in [1.165, 1.54) is 18.6 Å². The van der Waals surface area contributed by atoms with Gasteiger partial charge in [-0.05, 0) is 24.5 Å². The third kappa shape index (κ3) is 4.96. The second-order valence-electron chi connectivity index (χ2n) is 4.92. The van der Waals surface area contributed by atoms with Crippen LogP contribution in [0.3, 0.4) is 0 Å². The molecule has 1 aromatic rings. The average molecular weight is 261 g/mol. The number of nitrogens with zero attached hydrogens (tertiary/aromatic N) is 2. The van der Waals surface area contributed by atoms with Crippen LogP contribution in [-0.2, 0) is 0 Å². The molecule has 0 saturated heterocycles. The molecule has 19 heavy (non-hydrogen) atoms. The fourth-order valence-electron chi connectivity index (χ4n) is 1.81. The zero-order chi connectivity index (χ0) is 14.3. The number of rotatable bonds is 7. The molecule has 5 heteroatoms. The molecule has 0 spiro atoms. The minimum atomic E-state index is -0.537. The van der Waals surface area contributed by atoms with E-state index < -0.39 is 4.92 Å². The summed E-state index contributed by atoms with van der Waals surface area (Å²) in [6.45, 7) is 5.21. The topological polar surface area (TPSA) is 79.0 Å². The molecule has 102 valence electrons. The van der Waals surface area contributed by atoms with E-state index in [9.17, 15) is 10.1 Å². The molecule has 0 aromatic heterocycles. The fourth-order valence-corrected chi connectivity index (χ4v) is 1.81. The molecule has 5 nitrogen and oxygen atoms in total. The van der Waals surface area contributed by atoms with Gasteiger partial charge in [0.1, 0.15) is 11.6 Å². The van der Waals surface area contributed by atoms with Gasteiger partial charge in [0.2, 0.25) is 0 Å². The van der Waals surface area contributed by atoms with Gasteiger partial charge in [0, 0.05) is 18.3 Å². The highest BCUT2D eigenvalue weighted by Crippen LogP contribution is 2.21. The summed E-state index contributed by atoms with van der Waals surface area (Å²) < 4.78 is 0. The average Bonchev–Trinajstić information content (AvgIpc) is 2.37. The second-order valence-corrected chi connectivity index (χ2v) is 4.92. The predicted octanol–water partition coefficient (Wildman–Crippen LogP) is 3.70. The normalized spacial score (nSPS) is 10.2. The maximum atomic E-state index is 10.7. The summed E-state index contributed by atoms with van der Waals surface area (Å²) in [6.07, 6.45) is 3.41. The van der Waals surface area contributed by atoms with Gasteiger partial charge < -0.3 is 5.32 Å². The van der Waals surface area contributed by atoms with Crippen molar-refractivity contribution in [2.24, 2.45) is 5.92 Å². The van der Waals surface area contributed by atoms with Gasteiger partial charge in [-0.1, -0.05) is 26.7 Å². The van der Waals surface area contributed by atoms with Crippen LogP contribution in [0.1, 0.15) is 38.7 Å². The fraction of sp³-hybridized carbons (Fsp3) is 0.500. The molecule has 0 saturated carbocycles. The van der Waals surface area contributed by atoms with E-state index in [1.54, 1.807) is 6.07 Å². The first-order valence-corrected chi connectivity index (χ1v) is 6.47. The molecule has 1 N–H and O–H groups in total. The zero-order valence-electron chi connectivity index (χ0n) is 11.3. The van der Waals surface area contributed by atoms with Crippen LogP contribution in [0.5, 0.6) is 0 Å². The van der Waals surface area contributed by atoms with Gasteiger partial charge in [0.15, 0.2) is 0 Å². The van der Waals surface area contributed by atoms with Crippen LogP contribution in [0, 0.1) is 27.4 Å². The minimum Gasteiger partial charge on any atom is -0.385 e. The van der Waals surface area contributed by atoms with Crippen molar-refractivity contribution >= 4 is 11.4 Å². The Morgan fingerprint density at radius 2 is 2.16 bits per heavy atom. The summed E-state index contributed by atoms with van der Waals surface area (Å²) in [5.41, 5.74) is 0.705. The molecule has 0 fully saturated rings. The number of nitro groups is 1. The van der Waals surface area contributed by atoms with Crippen molar-refractivity contribution in [3.63, 3.8) is 0 Å². The summed E-state index contributed by atoms with van der Waals surface area (Å²) >= 11 is 0. The van der Waals surface area contributed by atoms with E-state index in [2.05, 4.69) is 19.2 Å². The Hall–Kier alpha value is -2.09. The summed E-state index contributed by atoms with van der Waals surface area (Å²) in [7, 11) is 0. The van der Waals surface area contributed by atoms with Crippen molar-refractivity contribution in [3.05, 3.63) is 33.9 Å². The third-order valence-electron chi connectivity index (χ3n) is 2.85. The molecule has 0 amide bonds. The van der Waals surface area contributed by atoms with Gasteiger partial charge in [-0.2, -0.15) is 5.26 Å². The number of anilines is 1. The molecule has 0 aliphatic rings. The molecule has 0 atom stereocenters. The number of nitro benzene ring substituents is 1. The van der Waals surface area contributed by atoms with Crippen LogP contribution in [0.25, 0.3) is 0 Å². The van der Waals surface area contributed by atoms with E-state index in [0.717, 1.165) is 25.1 Å². The van der Waals surface area contributed by atoms with Gasteiger partial charge in [-0.15, -0.1) is 0 Å². The summed E-state index contributed by atoms with van der Waals surface area (Å²) in [5.74, 6) is 0.713. The molecule has 1 aromatic carbocycles. The smallest absolute Gasteiger partial charge is 0.287 e. The lowest BCUT2D eigenvalue weighted by Crippen LogP contribution is -2.03. The highest BCUT2D eigenvalue weighted by atomic mass is 16.6. The maximum Gasteiger partial charge on any atom is 0.287 e. The molecule has 0 radical (unpaired) electrons. The highest BCUT2D eigenvalue weighted by Gasteiger charge is 2.13. The van der Waals surface area contributed by atoms with E-state index in [-0.39, 0.29) is 11.3 Å². The van der Waals surface area contributed by atoms with Gasteiger partial charge >= 0.3 is 0 Å². The SMILES string of the molecule is CC(C)CCCCNc1ccc([N+](=O)[O-])c(C#N)c1. The molecule has 0 aliphatic heterocycles. The number of hydrogen-bond acceptors (Lipinski definition) is 4. The summed E-state index contributed by atoms with van der Waals surface area (Å²) in [5, 5.41) is 22.8. The Labute approximate surface area is 113 Å². The Morgan fingerprint density at radius 3 is 2.74 bits per heavy atom. The molecule has 0 aliphatic carbocycles. The van der Waals surface area contributed by atoms with Crippen molar-refractivity contribution in [1.82, 2.24) is 0 Å². The van der Waals surface area contributed by atoms with E-state index in [1.807, 2.05) is 6.07 Å². The first-order chi connectivity index (χ1) is 9.04. The Bertz CT molecular complexity index is 478. The van der Waals surface area contributed by atoms with E-state index in [4.69, 9.17) is 5.26 Å². The maximum absolute atomic E-state index is 10.7. The Morgan fingerprint density at radius 1 is 1.42 bits per heavy atom. The lowest BCUT2D eigenvalue weighted by atomic mass is 10.1. The number of hydrogen-bond donors (Lipinski definition) is 1. The largest absolute Gasteiger partial charge is 0.385 e. The Kier molecular flexibility index (Phi) is 5.80. The molecule has 0 unspecified atom stereocenters. The van der Waals surface area contributed by atoms with Gasteiger partial charge in [0.25, 0.3) is 5.69 Å². The molecule has 1 rings (SSSR count). The summed E-state index contributed by atoms with van der Waals surface area (Å²) in [4.78, 5) is 10.2. The molecule has 0 bridgehead atoms. The number of unbranched alkanes of at least 4 members (excludes halogenated alkanes) is 1. The quantitative estimate of drug-likeness (QED) is 0.461. The van der Waals surface area contributed by atoms with Crippen molar-refractivity contribution in [1.29, 1.82) is 5.26 Å². The van der Waals surface area contributed by atoms with Gasteiger partial charge in [-0.25, -0.2) is 0 Å². The van der Waals surface area contributed by atoms with Crippen molar-refractivity contribution < 1.29 is 4.92 Å². The lowest BCUT2D eigenvalue weighted by Gasteiger charge is -2.07. The predicted molar refractivity (Wildman–Crippen MR) is 75.0 cm³/mol. The lowest BCUT2D eigenvalue weighted by molar-refractivity contribution is -0.385. The molecular formula is C14H19N3O2. The van der Waals surface area contributed by atoms with E-state index >= 15 is 0 Å². The van der Waals surface area contributed by atoms with Crippen LogP contribution < -0.4 is 5.32 Å². The van der Waals surface area contributed by atoms with Crippen LogP contribution in [0.15, 0.2) is 18.2 Å². The number of nitriles is 1. The standard InChI is InChI=1S/C14H19N3O2/c1-11(2)5-3-4-8-16-13-6-7-14(17(18)19)12(9-13)10-15/h6-7,9,11,16H,3-5,8H2,1-2H3. The van der Waals surface area contributed by atoms with Crippen molar-refractivity contribution in [2.45, 2.75) is 33.1 Å². The third-order valence-corrected chi connectivity index (χ3v) is 2.85. The minimum absolute atomic E-state index is 0.0946. The zero-order valence-corrected chi connectivity index (χ0v) is 11.3. The second kappa shape index (κ2) is 7.37. The first kappa shape index (κ1) is 15.0. The van der Waals surface area contributed by atoms with Gasteiger partial charge in [0.05, 0.1) is 4.92 Å². The van der Waals surface area contributed by atoms with Gasteiger partial charge in [-0.3, -0.25) is 10.1 Å². The van der Waals surface area contributed by atoms with Crippen LogP contribution in [0.4, 0.5) is 11.4 Å². The highest BCUT2D eigenvalue weighted by molar-refractivity contribution is 5.58. The Balaban J connectivity index is 2.52. The van der Waals surface area contributed by atoms with E-state index in [0.29, 0.717) is 5.92 Å². The first-order valence-electron chi connectivity index (χ1n) is 6.47. The molecule has 0 heterocycles. The van der Waals surface area contributed by atoms with Crippen molar-refractivity contribution in [2.75, 3.05) is 11.9 Å². The number of benzene rings is 1. The summed E-state index contributed by atoms with van der Waals surface area (Å²) in [6, 6.07) is 6.39. The van der Waals surface area contributed by atoms with Crippen LogP contribution in [0.2, 0.25) is 0 Å². The van der Waals surface area contributed by atoms with Crippen LogP contribution in [-0.4, -0.2) is 11.5 Å². The van der Waals surface area contributed by atoms with Crippen LogP contribution >= 0.6 is 0 Å². The number of nitrogens with one attached hydrogen (secondary N) is 1. The monoisotopic (exact) mass is 261 g/mol. The molecular weight excluding hydrogens is 242 g/mol. The van der Waals surface area contributed by atoms with Crippen molar-refractivity contribution in [3.8, 4) is 6.07 Å².